The first kappa shape index (κ1) is 14.0. The molecule has 0 spiro atoms. The van der Waals surface area contributed by atoms with Crippen LogP contribution in [0.3, 0.4) is 0 Å². The van der Waals surface area contributed by atoms with E-state index in [0.717, 1.165) is 0 Å². The van der Waals surface area contributed by atoms with Crippen molar-refractivity contribution in [1.82, 2.24) is 24.8 Å². The van der Waals surface area contributed by atoms with Crippen molar-refractivity contribution in [3.05, 3.63) is 29.3 Å². The topological polar surface area (TPSA) is 85.8 Å². The van der Waals surface area contributed by atoms with Gasteiger partial charge in [0.1, 0.15) is 0 Å². The molecule has 0 amide bonds. The van der Waals surface area contributed by atoms with Gasteiger partial charge in [0.15, 0.2) is 5.69 Å². The Morgan fingerprint density at radius 1 is 1.45 bits per heavy atom. The molecule has 10 heteroatoms. The van der Waals surface area contributed by atoms with Crippen molar-refractivity contribution < 1.29 is 23.1 Å². The third-order valence-electron chi connectivity index (χ3n) is 2.58. The first-order chi connectivity index (χ1) is 9.29. The Balaban J connectivity index is 2.25. The van der Waals surface area contributed by atoms with E-state index in [9.17, 15) is 18.0 Å². The number of aromatic nitrogens is 5. The largest absolute Gasteiger partial charge is 0.476 e. The first-order valence-corrected chi connectivity index (χ1v) is 5.50. The normalized spacial score (nSPS) is 11.8. The number of alkyl halides is 3. The van der Waals surface area contributed by atoms with Crippen LogP contribution in [0.1, 0.15) is 21.7 Å². The number of rotatable bonds is 4. The van der Waals surface area contributed by atoms with Crippen molar-refractivity contribution in [3.8, 4) is 0 Å². The number of hydrogen-bond acceptors (Lipinski definition) is 4. The third kappa shape index (κ3) is 2.78. The first-order valence-electron chi connectivity index (χ1n) is 5.50. The van der Waals surface area contributed by atoms with Crippen LogP contribution in [0, 0.1) is 0 Å². The minimum Gasteiger partial charge on any atom is -0.476 e. The van der Waals surface area contributed by atoms with E-state index in [0.29, 0.717) is 10.2 Å². The van der Waals surface area contributed by atoms with Crippen LogP contribution in [0.5, 0.6) is 0 Å². The van der Waals surface area contributed by atoms with Crippen LogP contribution in [0.25, 0.3) is 0 Å². The predicted molar refractivity (Wildman–Crippen MR) is 58.9 cm³/mol. The third-order valence-corrected chi connectivity index (χ3v) is 2.58. The quantitative estimate of drug-likeness (QED) is 0.906. The van der Waals surface area contributed by atoms with Crippen LogP contribution in [0.4, 0.5) is 13.2 Å². The minimum absolute atomic E-state index is 0.138. The van der Waals surface area contributed by atoms with Crippen molar-refractivity contribution in [2.24, 2.45) is 7.05 Å². The summed E-state index contributed by atoms with van der Waals surface area (Å²) in [6, 6.07) is 0. The molecule has 20 heavy (non-hydrogen) atoms. The van der Waals surface area contributed by atoms with Crippen molar-refractivity contribution in [3.63, 3.8) is 0 Å². The molecular formula is C10H10F3N5O2. The van der Waals surface area contributed by atoms with Crippen molar-refractivity contribution >= 4 is 5.97 Å². The van der Waals surface area contributed by atoms with Gasteiger partial charge < -0.3 is 5.11 Å². The van der Waals surface area contributed by atoms with Gasteiger partial charge in [0.25, 0.3) is 0 Å². The predicted octanol–water partition coefficient (Wildman–Crippen LogP) is 0.971. The monoisotopic (exact) mass is 289 g/mol. The summed E-state index contributed by atoms with van der Waals surface area (Å²) < 4.78 is 40.6. The molecule has 0 radical (unpaired) electrons. The van der Waals surface area contributed by atoms with Gasteiger partial charge in [0.05, 0.1) is 6.20 Å². The summed E-state index contributed by atoms with van der Waals surface area (Å²) in [5.74, 6) is -1.76. The summed E-state index contributed by atoms with van der Waals surface area (Å²) >= 11 is 0. The number of hydrogen-bond donors (Lipinski definition) is 1. The smallest absolute Gasteiger partial charge is 0.435 e. The van der Waals surface area contributed by atoms with Crippen LogP contribution >= 0.6 is 0 Å². The molecule has 7 nitrogen and oxygen atoms in total. The standard InChI is InChI=1S/C10H10F3N5O2/c1-17-5-6(4-14-17)2-3-18-8(10(11,12)13)7(9(19)20)15-16-18/h4-5H,2-3H2,1H3,(H,19,20). The van der Waals surface area contributed by atoms with E-state index in [-0.39, 0.29) is 13.0 Å². The summed E-state index contributed by atoms with van der Waals surface area (Å²) in [7, 11) is 1.68. The lowest BCUT2D eigenvalue weighted by Crippen LogP contribution is -2.19. The van der Waals surface area contributed by atoms with E-state index in [2.05, 4.69) is 15.4 Å². The van der Waals surface area contributed by atoms with E-state index < -0.39 is 23.5 Å². The van der Waals surface area contributed by atoms with Gasteiger partial charge in [-0.15, -0.1) is 5.10 Å². The van der Waals surface area contributed by atoms with Gasteiger partial charge in [-0.1, -0.05) is 5.21 Å². The van der Waals surface area contributed by atoms with Crippen LogP contribution < -0.4 is 0 Å². The minimum atomic E-state index is -4.83. The second kappa shape index (κ2) is 4.94. The molecule has 2 aromatic heterocycles. The van der Waals surface area contributed by atoms with Gasteiger partial charge in [0.2, 0.25) is 5.69 Å². The molecule has 2 aromatic rings. The molecule has 0 aromatic carbocycles. The van der Waals surface area contributed by atoms with Gasteiger partial charge in [-0.2, -0.15) is 18.3 Å². The molecule has 1 N–H and O–H groups in total. The lowest BCUT2D eigenvalue weighted by atomic mass is 10.2. The molecule has 0 aliphatic carbocycles. The number of nitrogens with zero attached hydrogens (tertiary/aromatic N) is 5. The van der Waals surface area contributed by atoms with Gasteiger partial charge >= 0.3 is 12.1 Å². The average Bonchev–Trinajstić information content (AvgIpc) is 2.91. The molecule has 0 saturated heterocycles. The Labute approximate surface area is 110 Å². The van der Waals surface area contributed by atoms with E-state index in [4.69, 9.17) is 5.11 Å². The lowest BCUT2D eigenvalue weighted by Gasteiger charge is -2.09. The molecule has 0 aliphatic heterocycles. The van der Waals surface area contributed by atoms with E-state index >= 15 is 0 Å². The van der Waals surface area contributed by atoms with Crippen molar-refractivity contribution in [2.45, 2.75) is 19.1 Å². The molecule has 0 unspecified atom stereocenters. The lowest BCUT2D eigenvalue weighted by molar-refractivity contribution is -0.144. The fourth-order valence-electron chi connectivity index (χ4n) is 1.73. The number of carboxylic acid groups (broad SMARTS) is 1. The number of halogens is 3. The molecule has 0 atom stereocenters. The molecule has 2 rings (SSSR count). The highest BCUT2D eigenvalue weighted by Crippen LogP contribution is 2.31. The number of aryl methyl sites for hydroxylation is 3. The van der Waals surface area contributed by atoms with Gasteiger partial charge in [-0.3, -0.25) is 4.68 Å². The Morgan fingerprint density at radius 2 is 2.15 bits per heavy atom. The summed E-state index contributed by atoms with van der Waals surface area (Å²) in [4.78, 5) is 10.7. The van der Waals surface area contributed by atoms with Crippen molar-refractivity contribution in [1.29, 1.82) is 0 Å². The van der Waals surface area contributed by atoms with Crippen LogP contribution in [0.2, 0.25) is 0 Å². The fourth-order valence-corrected chi connectivity index (χ4v) is 1.73. The Hall–Kier alpha value is -2.39. The Morgan fingerprint density at radius 3 is 2.65 bits per heavy atom. The number of carboxylic acids is 1. The van der Waals surface area contributed by atoms with E-state index in [1.807, 2.05) is 0 Å². The van der Waals surface area contributed by atoms with Gasteiger partial charge in [-0.25, -0.2) is 9.48 Å². The Bertz CT molecular complexity index is 631. The van der Waals surface area contributed by atoms with E-state index in [1.54, 1.807) is 13.2 Å². The number of carbonyl (C=O) groups is 1. The molecular weight excluding hydrogens is 279 g/mol. The maximum atomic E-state index is 12.9. The highest BCUT2D eigenvalue weighted by molar-refractivity contribution is 5.86. The fraction of sp³-hybridized carbons (Fsp3) is 0.400. The molecule has 0 fully saturated rings. The van der Waals surface area contributed by atoms with Crippen LogP contribution in [-0.2, 0) is 26.2 Å². The second-order valence-corrected chi connectivity index (χ2v) is 4.08. The van der Waals surface area contributed by atoms with Crippen LogP contribution in [-0.4, -0.2) is 35.9 Å². The summed E-state index contributed by atoms with van der Waals surface area (Å²) in [5.41, 5.74) is -1.73. The zero-order valence-electron chi connectivity index (χ0n) is 10.3. The van der Waals surface area contributed by atoms with Crippen LogP contribution in [0.15, 0.2) is 12.4 Å². The van der Waals surface area contributed by atoms with Gasteiger partial charge in [0, 0.05) is 19.8 Å². The average molecular weight is 289 g/mol. The zero-order chi connectivity index (χ0) is 14.9. The molecule has 0 bridgehead atoms. The Kier molecular flexibility index (Phi) is 3.47. The molecule has 2 heterocycles. The highest BCUT2D eigenvalue weighted by atomic mass is 19.4. The molecule has 0 saturated carbocycles. The maximum absolute atomic E-state index is 12.9. The number of aromatic carboxylic acids is 1. The van der Waals surface area contributed by atoms with E-state index in [1.165, 1.54) is 10.9 Å². The summed E-state index contributed by atoms with van der Waals surface area (Å²) in [6.45, 7) is -0.138. The molecule has 0 aliphatic rings. The zero-order valence-corrected chi connectivity index (χ0v) is 10.3. The van der Waals surface area contributed by atoms with Crippen molar-refractivity contribution in [2.75, 3.05) is 0 Å². The summed E-state index contributed by atoms with van der Waals surface area (Å²) in [5, 5.41) is 18.9. The summed E-state index contributed by atoms with van der Waals surface area (Å²) in [6.07, 6.45) is -1.42. The second-order valence-electron chi connectivity index (χ2n) is 4.08. The molecule has 108 valence electrons. The van der Waals surface area contributed by atoms with Gasteiger partial charge in [-0.05, 0) is 12.0 Å². The highest BCUT2D eigenvalue weighted by Gasteiger charge is 2.41. The SMILES string of the molecule is Cn1cc(CCn2nnc(C(=O)O)c2C(F)(F)F)cn1. The maximum Gasteiger partial charge on any atom is 0.435 e.